The number of furan rings is 1. The smallest absolute Gasteiger partial charge is 0.372 e. The lowest BCUT2D eigenvalue weighted by atomic mass is 10.2. The fourth-order valence-corrected chi connectivity index (χ4v) is 2.17. The van der Waals surface area contributed by atoms with Crippen molar-refractivity contribution in [3.63, 3.8) is 0 Å². The summed E-state index contributed by atoms with van der Waals surface area (Å²) in [6, 6.07) is 11.1. The second-order valence-electron chi connectivity index (χ2n) is 4.65. The number of nitrogens with zero attached hydrogens (tertiary/aromatic N) is 1. The SMILES string of the molecule is Cc1cc(COc2cccc3cccnc23)oc1C(=O)O. The van der Waals surface area contributed by atoms with Gasteiger partial charge in [-0.15, -0.1) is 0 Å². The van der Waals surface area contributed by atoms with Crippen molar-refractivity contribution in [2.24, 2.45) is 0 Å². The van der Waals surface area contributed by atoms with Crippen molar-refractivity contribution in [1.29, 1.82) is 0 Å². The highest BCUT2D eigenvalue weighted by atomic mass is 16.5. The van der Waals surface area contributed by atoms with Crippen LogP contribution < -0.4 is 4.74 Å². The molecule has 5 heteroatoms. The van der Waals surface area contributed by atoms with Gasteiger partial charge in [0.2, 0.25) is 5.76 Å². The minimum absolute atomic E-state index is 0.0513. The molecule has 106 valence electrons. The molecule has 0 fully saturated rings. The fourth-order valence-electron chi connectivity index (χ4n) is 2.17. The zero-order valence-corrected chi connectivity index (χ0v) is 11.4. The summed E-state index contributed by atoms with van der Waals surface area (Å²) in [5.41, 5.74) is 1.35. The molecule has 3 rings (SSSR count). The Morgan fingerprint density at radius 2 is 2.14 bits per heavy atom. The summed E-state index contributed by atoms with van der Waals surface area (Å²) in [5, 5.41) is 9.94. The highest BCUT2D eigenvalue weighted by molar-refractivity contribution is 5.86. The normalized spacial score (nSPS) is 10.7. The standard InChI is InChI=1S/C16H13NO4/c1-10-8-12(21-15(10)16(18)19)9-20-13-6-2-4-11-5-3-7-17-14(11)13/h2-8H,9H2,1H3,(H,18,19). The Labute approximate surface area is 120 Å². The van der Waals surface area contributed by atoms with Crippen molar-refractivity contribution in [3.05, 3.63) is 59.7 Å². The fraction of sp³-hybridized carbons (Fsp3) is 0.125. The summed E-state index contributed by atoms with van der Waals surface area (Å²) >= 11 is 0. The third-order valence-electron chi connectivity index (χ3n) is 3.13. The number of aromatic nitrogens is 1. The minimum Gasteiger partial charge on any atom is -0.483 e. The lowest BCUT2D eigenvalue weighted by Gasteiger charge is -2.06. The van der Waals surface area contributed by atoms with Gasteiger partial charge in [0.25, 0.3) is 0 Å². The molecular weight excluding hydrogens is 270 g/mol. The number of carbonyl (C=O) groups is 1. The van der Waals surface area contributed by atoms with Gasteiger partial charge < -0.3 is 14.3 Å². The van der Waals surface area contributed by atoms with Gasteiger partial charge >= 0.3 is 5.97 Å². The molecule has 0 bridgehead atoms. The van der Waals surface area contributed by atoms with Crippen LogP contribution in [0.2, 0.25) is 0 Å². The average Bonchev–Trinajstić information content (AvgIpc) is 2.86. The van der Waals surface area contributed by atoms with E-state index in [0.29, 0.717) is 17.1 Å². The molecule has 0 radical (unpaired) electrons. The van der Waals surface area contributed by atoms with Gasteiger partial charge in [0.1, 0.15) is 23.6 Å². The first kappa shape index (κ1) is 13.2. The van der Waals surface area contributed by atoms with Gasteiger partial charge in [0.05, 0.1) is 0 Å². The average molecular weight is 283 g/mol. The molecule has 1 aromatic carbocycles. The Hall–Kier alpha value is -2.82. The molecule has 5 nitrogen and oxygen atoms in total. The topological polar surface area (TPSA) is 72.6 Å². The van der Waals surface area contributed by atoms with Crippen LogP contribution in [-0.2, 0) is 6.61 Å². The molecule has 0 atom stereocenters. The summed E-state index contributed by atoms with van der Waals surface area (Å²) in [4.78, 5) is 15.2. The maximum atomic E-state index is 10.9. The number of para-hydroxylation sites is 1. The van der Waals surface area contributed by atoms with E-state index in [4.69, 9.17) is 14.3 Å². The predicted molar refractivity (Wildman–Crippen MR) is 76.5 cm³/mol. The third kappa shape index (κ3) is 2.58. The van der Waals surface area contributed by atoms with Crippen LogP contribution in [0.5, 0.6) is 5.75 Å². The summed E-state index contributed by atoms with van der Waals surface area (Å²) in [5.74, 6) is -0.0212. The number of rotatable bonds is 4. The quantitative estimate of drug-likeness (QED) is 0.794. The van der Waals surface area contributed by atoms with Crippen LogP contribution in [0.15, 0.2) is 47.0 Å². The van der Waals surface area contributed by atoms with E-state index in [0.717, 1.165) is 10.9 Å². The highest BCUT2D eigenvalue weighted by Crippen LogP contribution is 2.24. The minimum atomic E-state index is -1.08. The Kier molecular flexibility index (Phi) is 3.31. The number of ether oxygens (including phenoxy) is 1. The van der Waals surface area contributed by atoms with Crippen molar-refractivity contribution < 1.29 is 19.1 Å². The lowest BCUT2D eigenvalue weighted by molar-refractivity contribution is 0.0657. The number of carboxylic acids is 1. The lowest BCUT2D eigenvalue weighted by Crippen LogP contribution is -1.96. The maximum Gasteiger partial charge on any atom is 0.372 e. The van der Waals surface area contributed by atoms with E-state index in [1.165, 1.54) is 0 Å². The summed E-state index contributed by atoms with van der Waals surface area (Å²) in [6.45, 7) is 1.85. The van der Waals surface area contributed by atoms with E-state index < -0.39 is 5.97 Å². The monoisotopic (exact) mass is 283 g/mol. The van der Waals surface area contributed by atoms with Crippen molar-refractivity contribution in [2.75, 3.05) is 0 Å². The van der Waals surface area contributed by atoms with Gasteiger partial charge in [-0.3, -0.25) is 4.98 Å². The molecule has 21 heavy (non-hydrogen) atoms. The van der Waals surface area contributed by atoms with E-state index in [-0.39, 0.29) is 12.4 Å². The van der Waals surface area contributed by atoms with Crippen LogP contribution in [0.1, 0.15) is 21.9 Å². The number of fused-ring (bicyclic) bond motifs is 1. The molecule has 0 unspecified atom stereocenters. The van der Waals surface area contributed by atoms with Crippen LogP contribution in [0, 0.1) is 6.92 Å². The van der Waals surface area contributed by atoms with Crippen molar-refractivity contribution >= 4 is 16.9 Å². The Bertz CT molecular complexity index is 802. The first-order chi connectivity index (χ1) is 10.1. The van der Waals surface area contributed by atoms with E-state index in [1.54, 1.807) is 19.2 Å². The number of hydrogen-bond donors (Lipinski definition) is 1. The summed E-state index contributed by atoms with van der Waals surface area (Å²) in [7, 11) is 0. The van der Waals surface area contributed by atoms with E-state index in [2.05, 4.69) is 4.98 Å². The highest BCUT2D eigenvalue weighted by Gasteiger charge is 2.14. The van der Waals surface area contributed by atoms with Crippen LogP contribution in [0.4, 0.5) is 0 Å². The largest absolute Gasteiger partial charge is 0.483 e. The van der Waals surface area contributed by atoms with Gasteiger partial charge in [-0.25, -0.2) is 4.79 Å². The second kappa shape index (κ2) is 5.28. The molecule has 0 saturated carbocycles. The van der Waals surface area contributed by atoms with Gasteiger partial charge in [0, 0.05) is 17.1 Å². The van der Waals surface area contributed by atoms with Crippen molar-refractivity contribution in [3.8, 4) is 5.75 Å². The molecule has 0 spiro atoms. The van der Waals surface area contributed by atoms with Crippen LogP contribution >= 0.6 is 0 Å². The number of aromatic carboxylic acids is 1. The van der Waals surface area contributed by atoms with Crippen LogP contribution in [0.25, 0.3) is 10.9 Å². The van der Waals surface area contributed by atoms with Gasteiger partial charge in [-0.2, -0.15) is 0 Å². The summed E-state index contributed by atoms with van der Waals surface area (Å²) < 4.78 is 11.0. The van der Waals surface area contributed by atoms with Crippen LogP contribution in [-0.4, -0.2) is 16.1 Å². The van der Waals surface area contributed by atoms with E-state index >= 15 is 0 Å². The maximum absolute atomic E-state index is 10.9. The van der Waals surface area contributed by atoms with Gasteiger partial charge in [-0.05, 0) is 25.1 Å². The van der Waals surface area contributed by atoms with Crippen molar-refractivity contribution in [2.45, 2.75) is 13.5 Å². The number of hydrogen-bond acceptors (Lipinski definition) is 4. The zero-order valence-electron chi connectivity index (χ0n) is 11.4. The van der Waals surface area contributed by atoms with Gasteiger partial charge in [-0.1, -0.05) is 18.2 Å². The Balaban J connectivity index is 1.84. The number of pyridine rings is 1. The molecule has 1 N–H and O–H groups in total. The second-order valence-corrected chi connectivity index (χ2v) is 4.65. The van der Waals surface area contributed by atoms with Crippen molar-refractivity contribution in [1.82, 2.24) is 4.98 Å². The molecule has 2 aromatic heterocycles. The molecular formula is C16H13NO4. The number of carboxylic acid groups (broad SMARTS) is 1. The molecule has 2 heterocycles. The van der Waals surface area contributed by atoms with Crippen LogP contribution in [0.3, 0.4) is 0 Å². The Morgan fingerprint density at radius 3 is 2.90 bits per heavy atom. The number of aryl methyl sites for hydroxylation is 1. The molecule has 0 aliphatic rings. The summed E-state index contributed by atoms with van der Waals surface area (Å²) in [6.07, 6.45) is 1.70. The molecule has 0 saturated heterocycles. The van der Waals surface area contributed by atoms with E-state index in [1.807, 2.05) is 30.3 Å². The molecule has 3 aromatic rings. The first-order valence-corrected chi connectivity index (χ1v) is 6.44. The zero-order chi connectivity index (χ0) is 14.8. The predicted octanol–water partition coefficient (Wildman–Crippen LogP) is 3.41. The molecule has 0 aliphatic carbocycles. The molecule has 0 aliphatic heterocycles. The third-order valence-corrected chi connectivity index (χ3v) is 3.13. The van der Waals surface area contributed by atoms with Gasteiger partial charge in [0.15, 0.2) is 0 Å². The first-order valence-electron chi connectivity index (χ1n) is 6.44. The Morgan fingerprint density at radius 1 is 1.33 bits per heavy atom. The van der Waals surface area contributed by atoms with E-state index in [9.17, 15) is 4.79 Å². The number of benzene rings is 1. The molecule has 0 amide bonds.